The van der Waals surface area contributed by atoms with Gasteiger partial charge in [0.05, 0.1) is 23.8 Å². The maximum absolute atomic E-state index is 13.4. The van der Waals surface area contributed by atoms with Gasteiger partial charge in [0.2, 0.25) is 6.04 Å². The van der Waals surface area contributed by atoms with Crippen LogP contribution in [0.3, 0.4) is 0 Å². The molecule has 5 aromatic rings. The van der Waals surface area contributed by atoms with E-state index in [9.17, 15) is 81.9 Å². The number of rotatable bonds is 18. The second-order valence-electron chi connectivity index (χ2n) is 14.8. The smallest absolute Gasteiger partial charge is 0.355 e. The standard InChI is InChI=1S/C39H34N8O20S4/c48-10-12-66-29-18-27(30(67-13-11-49)17-26(29)41-43-28-14-19-2-1-3-20(19)15-31(28)69(57,58)59)42-44-33-32(70(60,61)62)16-24-23(36(33)50)8-9-25(37(24)71(63,64)65)40-45-34-35(39(52)53)46-47(38(34)51)21-4-6-22(7-5-21)68(54,55)56/h4-9,14-18,34,48-50H,1-3,10-13H2,(H,52,53)(H,54,55,56)(H,57,58,59)(H,60,61,62)(H,63,64,65). The van der Waals surface area contributed by atoms with Crippen molar-refractivity contribution in [1.82, 2.24) is 0 Å². The number of ether oxygens (including phenoxy) is 2. The molecule has 1 heterocycles. The number of phenols is 1. The van der Waals surface area contributed by atoms with Gasteiger partial charge in [-0.25, -0.2) is 4.79 Å². The Morgan fingerprint density at radius 1 is 0.648 bits per heavy atom. The van der Waals surface area contributed by atoms with E-state index in [4.69, 9.17) is 9.47 Å². The van der Waals surface area contributed by atoms with Crippen molar-refractivity contribution in [2.24, 2.45) is 35.8 Å². The van der Waals surface area contributed by atoms with Gasteiger partial charge in [-0.05, 0) is 85.0 Å². The van der Waals surface area contributed by atoms with Crippen LogP contribution in [0.25, 0.3) is 10.8 Å². The van der Waals surface area contributed by atoms with E-state index >= 15 is 0 Å². The third-order valence-corrected chi connectivity index (χ3v) is 13.8. The summed E-state index contributed by atoms with van der Waals surface area (Å²) in [5, 5.41) is 66.2. The fourth-order valence-corrected chi connectivity index (χ4v) is 9.72. The topological polar surface area (TPSA) is 441 Å². The molecule has 71 heavy (non-hydrogen) atoms. The van der Waals surface area contributed by atoms with Gasteiger partial charge in [-0.2, -0.15) is 54.0 Å². The Kier molecular flexibility index (Phi) is 14.4. The average molecular weight is 1060 g/mol. The molecule has 0 saturated heterocycles. The van der Waals surface area contributed by atoms with E-state index in [0.717, 1.165) is 60.5 Å². The lowest BCUT2D eigenvalue weighted by Gasteiger charge is -2.14. The van der Waals surface area contributed by atoms with Gasteiger partial charge in [-0.1, -0.05) is 0 Å². The van der Waals surface area contributed by atoms with Crippen LogP contribution in [0.5, 0.6) is 17.2 Å². The monoisotopic (exact) mass is 1060 g/mol. The average Bonchev–Trinajstić information content (AvgIpc) is 3.90. The summed E-state index contributed by atoms with van der Waals surface area (Å²) < 4.78 is 150. The highest BCUT2D eigenvalue weighted by atomic mass is 32.2. The summed E-state index contributed by atoms with van der Waals surface area (Å²) >= 11 is 0. The van der Waals surface area contributed by atoms with Crippen LogP contribution < -0.4 is 14.5 Å². The van der Waals surface area contributed by atoms with Gasteiger partial charge in [-0.3, -0.25) is 23.0 Å². The van der Waals surface area contributed by atoms with Crippen molar-refractivity contribution in [2.75, 3.05) is 31.4 Å². The van der Waals surface area contributed by atoms with Crippen LogP contribution in [0, 0.1) is 0 Å². The molecule has 0 saturated carbocycles. The zero-order valence-electron chi connectivity index (χ0n) is 35.6. The number of aliphatic hydroxyl groups is 2. The fraction of sp³-hybridized carbons (Fsp3) is 0.205. The molecule has 1 amide bonds. The molecule has 0 spiro atoms. The van der Waals surface area contributed by atoms with E-state index in [1.54, 1.807) is 0 Å². The minimum Gasteiger partial charge on any atom is -0.505 e. The zero-order chi connectivity index (χ0) is 51.8. The number of aryl methyl sites for hydroxylation is 2. The van der Waals surface area contributed by atoms with E-state index in [-0.39, 0.29) is 40.9 Å². The van der Waals surface area contributed by atoms with Crippen LogP contribution in [0.2, 0.25) is 0 Å². The van der Waals surface area contributed by atoms with Gasteiger partial charge >= 0.3 is 5.97 Å². The predicted octanol–water partition coefficient (Wildman–Crippen LogP) is 4.53. The van der Waals surface area contributed by atoms with E-state index in [1.807, 2.05) is 0 Å². The molecule has 32 heteroatoms. The fourth-order valence-electron chi connectivity index (χ4n) is 7.12. The number of carboxylic acid groups (broad SMARTS) is 1. The summed E-state index contributed by atoms with van der Waals surface area (Å²) in [6.07, 6.45) is 1.87. The van der Waals surface area contributed by atoms with Crippen molar-refractivity contribution in [3.05, 3.63) is 77.9 Å². The molecule has 0 aromatic heterocycles. The lowest BCUT2D eigenvalue weighted by atomic mass is 10.1. The van der Waals surface area contributed by atoms with Crippen LogP contribution in [0.15, 0.2) is 122 Å². The molecule has 2 aliphatic rings. The number of aliphatic carboxylic acids is 1. The number of aliphatic hydroxyl groups excluding tert-OH is 2. The summed E-state index contributed by atoms with van der Waals surface area (Å²) in [7, 11) is -20.6. The quantitative estimate of drug-likeness (QED) is 0.0441. The van der Waals surface area contributed by atoms with Crippen LogP contribution in [0.4, 0.5) is 34.1 Å². The van der Waals surface area contributed by atoms with Crippen molar-refractivity contribution >= 4 is 103 Å². The van der Waals surface area contributed by atoms with Crippen molar-refractivity contribution in [1.29, 1.82) is 0 Å². The van der Waals surface area contributed by atoms with Crippen molar-refractivity contribution in [3.8, 4) is 17.2 Å². The summed E-state index contributed by atoms with van der Waals surface area (Å²) in [6.45, 7) is -1.95. The molecule has 8 N–H and O–H groups in total. The first-order chi connectivity index (χ1) is 33.3. The third kappa shape index (κ3) is 11.0. The SMILES string of the molecule is O=C(O)C1=NN(c2ccc(S(=O)(=O)O)cc2)C(=O)C1N=Nc1ccc2c(O)c(N=Nc3cc(OCCO)c(N=Nc4cc5c(cc4S(=O)(=O)O)CCC5)cc3OCCO)c(S(=O)(=O)O)cc2c1S(=O)(=O)O. The Morgan fingerprint density at radius 3 is 1.75 bits per heavy atom. The number of nitrogens with zero attached hydrogens (tertiary/aromatic N) is 8. The number of aromatic hydroxyl groups is 1. The number of fused-ring (bicyclic) bond motifs is 2. The summed E-state index contributed by atoms with van der Waals surface area (Å²) in [4.78, 5) is 21.7. The number of phenolic OH excluding ortho intramolecular Hbond substituents is 1. The summed E-state index contributed by atoms with van der Waals surface area (Å²) in [5.41, 5.74) is -2.51. The third-order valence-electron chi connectivity index (χ3n) is 10.2. The number of carboxylic acids is 1. The number of hydrogen-bond acceptors (Lipinski definition) is 22. The highest BCUT2D eigenvalue weighted by Gasteiger charge is 2.41. The number of benzene rings is 5. The second-order valence-corrected chi connectivity index (χ2v) is 20.4. The minimum absolute atomic E-state index is 0.209. The molecule has 1 unspecified atom stereocenters. The summed E-state index contributed by atoms with van der Waals surface area (Å²) in [6, 6.07) is 8.57. The lowest BCUT2D eigenvalue weighted by molar-refractivity contribution is -0.130. The van der Waals surface area contributed by atoms with Crippen molar-refractivity contribution in [2.45, 2.75) is 44.9 Å². The molecule has 0 radical (unpaired) electrons. The molecule has 7 rings (SSSR count). The van der Waals surface area contributed by atoms with Crippen LogP contribution in [-0.4, -0.2) is 122 Å². The first-order valence-corrected chi connectivity index (χ1v) is 25.6. The van der Waals surface area contributed by atoms with E-state index in [2.05, 4.69) is 35.8 Å². The molecule has 1 aliphatic heterocycles. The number of carbonyl (C=O) groups excluding carboxylic acids is 1. The Bertz CT molecular complexity index is 3630. The molecule has 374 valence electrons. The number of azo groups is 3. The first kappa shape index (κ1) is 51.6. The maximum Gasteiger partial charge on any atom is 0.355 e. The van der Waals surface area contributed by atoms with Crippen LogP contribution in [0.1, 0.15) is 17.5 Å². The Morgan fingerprint density at radius 2 is 1.21 bits per heavy atom. The van der Waals surface area contributed by atoms with Crippen LogP contribution >= 0.6 is 0 Å². The molecule has 0 bridgehead atoms. The zero-order valence-corrected chi connectivity index (χ0v) is 38.8. The molecule has 28 nitrogen and oxygen atoms in total. The predicted molar refractivity (Wildman–Crippen MR) is 241 cm³/mol. The number of carbonyl (C=O) groups is 2. The lowest BCUT2D eigenvalue weighted by Crippen LogP contribution is -2.33. The largest absolute Gasteiger partial charge is 0.505 e. The number of hydrazone groups is 1. The minimum atomic E-state index is -5.57. The Balaban J connectivity index is 1.31. The van der Waals surface area contributed by atoms with Gasteiger partial charge in [0.25, 0.3) is 46.4 Å². The van der Waals surface area contributed by atoms with Gasteiger partial charge in [0.1, 0.15) is 67.8 Å². The van der Waals surface area contributed by atoms with Gasteiger partial charge < -0.3 is 29.9 Å². The molecule has 1 atom stereocenters. The molecule has 5 aromatic carbocycles. The highest BCUT2D eigenvalue weighted by molar-refractivity contribution is 7.87. The van der Waals surface area contributed by atoms with Crippen molar-refractivity contribution in [3.63, 3.8) is 0 Å². The van der Waals surface area contributed by atoms with Gasteiger partial charge in [0, 0.05) is 22.9 Å². The van der Waals surface area contributed by atoms with E-state index < -0.39 is 131 Å². The normalized spacial score (nSPS) is 15.6. The van der Waals surface area contributed by atoms with E-state index in [1.165, 1.54) is 12.1 Å². The highest BCUT2D eigenvalue weighted by Crippen LogP contribution is 2.47. The molecule has 0 fully saturated rings. The summed E-state index contributed by atoms with van der Waals surface area (Å²) in [5.74, 6) is -4.78. The number of amides is 1. The van der Waals surface area contributed by atoms with Crippen molar-refractivity contribution < 1.29 is 91.4 Å². The molecule has 1 aliphatic carbocycles. The van der Waals surface area contributed by atoms with Gasteiger partial charge in [-0.15, -0.1) is 20.5 Å². The van der Waals surface area contributed by atoms with Gasteiger partial charge in [0.15, 0.2) is 11.5 Å². The first-order valence-electron chi connectivity index (χ1n) is 19.9. The van der Waals surface area contributed by atoms with E-state index in [0.29, 0.717) is 29.5 Å². The molecular weight excluding hydrogens is 1030 g/mol. The maximum atomic E-state index is 13.4. The number of hydrogen-bond donors (Lipinski definition) is 8. The Hall–Kier alpha value is -7.27. The molecular formula is C39H34N8O20S4. The van der Waals surface area contributed by atoms with Crippen LogP contribution in [-0.2, 0) is 62.9 Å². The Labute approximate surface area is 399 Å². The number of anilines is 1. The second kappa shape index (κ2) is 19.9.